The molecule has 0 amide bonds. The van der Waals surface area contributed by atoms with Gasteiger partial charge in [-0.05, 0) is 19.8 Å². The quantitative estimate of drug-likeness (QED) is 0.616. The molecule has 3 nitrogen and oxygen atoms in total. The van der Waals surface area contributed by atoms with Crippen molar-refractivity contribution in [3.8, 4) is 0 Å². The zero-order valence-electron chi connectivity index (χ0n) is 9.04. The Balaban J connectivity index is 2.34. The van der Waals surface area contributed by atoms with Crippen LogP contribution >= 0.6 is 0 Å². The topological polar surface area (TPSA) is 51.2 Å². The molecule has 3 heteroatoms. The molecule has 0 aliphatic heterocycles. The number of ketones is 3. The molecule has 2 fully saturated rings. The predicted octanol–water partition coefficient (Wildman–Crippen LogP) is 1.68. The third kappa shape index (κ3) is 1.54. The van der Waals surface area contributed by atoms with E-state index in [4.69, 9.17) is 0 Å². The van der Waals surface area contributed by atoms with E-state index in [0.29, 0.717) is 6.42 Å². The largest absolute Gasteiger partial charge is 0.300 e. The number of carbonyl (C=O) groups is 3. The zero-order valence-corrected chi connectivity index (χ0v) is 9.04. The summed E-state index contributed by atoms with van der Waals surface area (Å²) in [5.74, 6) is -0.0662. The van der Waals surface area contributed by atoms with Crippen LogP contribution < -0.4 is 0 Å². The van der Waals surface area contributed by atoms with Crippen LogP contribution in [-0.4, -0.2) is 17.3 Å². The standard InChI is InChI=1S/C12H16O3/c1-8(13)10-4-2-3-5-12(10)7-9(14)6-11(12)15/h10H,2-7H2,1H3. The SMILES string of the molecule is CC(=O)C1CCCCC12CC(=O)CC2=O. The molecule has 2 aliphatic rings. The van der Waals surface area contributed by atoms with E-state index in [9.17, 15) is 14.4 Å². The van der Waals surface area contributed by atoms with Crippen molar-refractivity contribution in [2.75, 3.05) is 0 Å². The van der Waals surface area contributed by atoms with Crippen LogP contribution in [-0.2, 0) is 14.4 Å². The highest BCUT2D eigenvalue weighted by atomic mass is 16.2. The maximum Gasteiger partial charge on any atom is 0.147 e. The molecule has 0 aromatic carbocycles. The van der Waals surface area contributed by atoms with Crippen molar-refractivity contribution in [3.63, 3.8) is 0 Å². The molecule has 2 rings (SSSR count). The summed E-state index contributed by atoms with van der Waals surface area (Å²) in [6, 6.07) is 0. The van der Waals surface area contributed by atoms with Crippen LogP contribution in [0.4, 0.5) is 0 Å². The van der Waals surface area contributed by atoms with Gasteiger partial charge in [-0.25, -0.2) is 0 Å². The minimum Gasteiger partial charge on any atom is -0.300 e. The van der Waals surface area contributed by atoms with Crippen molar-refractivity contribution in [2.45, 2.75) is 45.4 Å². The van der Waals surface area contributed by atoms with E-state index >= 15 is 0 Å². The van der Waals surface area contributed by atoms with Crippen LogP contribution in [0.15, 0.2) is 0 Å². The van der Waals surface area contributed by atoms with E-state index in [-0.39, 0.29) is 29.7 Å². The molecule has 0 N–H and O–H groups in total. The molecule has 0 aromatic rings. The second kappa shape index (κ2) is 3.54. The fourth-order valence-corrected chi connectivity index (χ4v) is 3.25. The zero-order chi connectivity index (χ0) is 11.1. The van der Waals surface area contributed by atoms with E-state index in [1.807, 2.05) is 0 Å². The van der Waals surface area contributed by atoms with Crippen LogP contribution in [0.3, 0.4) is 0 Å². The van der Waals surface area contributed by atoms with Gasteiger partial charge in [0, 0.05) is 17.8 Å². The highest BCUT2D eigenvalue weighted by Crippen LogP contribution is 2.49. The van der Waals surface area contributed by atoms with E-state index in [1.165, 1.54) is 0 Å². The lowest BCUT2D eigenvalue weighted by atomic mass is 9.63. The average Bonchev–Trinajstić information content (AvgIpc) is 2.42. The minimum atomic E-state index is -0.596. The van der Waals surface area contributed by atoms with Gasteiger partial charge in [0.05, 0.1) is 6.42 Å². The van der Waals surface area contributed by atoms with E-state index in [2.05, 4.69) is 0 Å². The smallest absolute Gasteiger partial charge is 0.147 e. The summed E-state index contributed by atoms with van der Waals surface area (Å²) in [6.07, 6.45) is 3.88. The number of rotatable bonds is 1. The van der Waals surface area contributed by atoms with Crippen molar-refractivity contribution in [1.29, 1.82) is 0 Å². The number of hydrogen-bond donors (Lipinski definition) is 0. The van der Waals surface area contributed by atoms with Crippen LogP contribution in [0, 0.1) is 11.3 Å². The molecule has 0 heterocycles. The maximum absolute atomic E-state index is 11.9. The third-order valence-corrected chi connectivity index (χ3v) is 3.95. The first-order chi connectivity index (χ1) is 7.06. The lowest BCUT2D eigenvalue weighted by molar-refractivity contribution is -0.139. The maximum atomic E-state index is 11.9. The first-order valence-corrected chi connectivity index (χ1v) is 5.62. The molecular formula is C12H16O3. The summed E-state index contributed by atoms with van der Waals surface area (Å²) in [5, 5.41) is 0. The Morgan fingerprint density at radius 3 is 2.60 bits per heavy atom. The van der Waals surface area contributed by atoms with Crippen molar-refractivity contribution in [1.82, 2.24) is 0 Å². The molecule has 0 bridgehead atoms. The lowest BCUT2D eigenvalue weighted by Crippen LogP contribution is -2.41. The number of hydrogen-bond acceptors (Lipinski definition) is 3. The predicted molar refractivity (Wildman–Crippen MR) is 54.3 cm³/mol. The Bertz CT molecular complexity index is 332. The van der Waals surface area contributed by atoms with Crippen LogP contribution in [0.2, 0.25) is 0 Å². The van der Waals surface area contributed by atoms with Crippen LogP contribution in [0.1, 0.15) is 45.4 Å². The van der Waals surface area contributed by atoms with Crippen molar-refractivity contribution in [2.24, 2.45) is 11.3 Å². The molecule has 15 heavy (non-hydrogen) atoms. The van der Waals surface area contributed by atoms with Gasteiger partial charge in [0.1, 0.15) is 17.3 Å². The molecule has 2 aliphatic carbocycles. The summed E-state index contributed by atoms with van der Waals surface area (Å²) in [7, 11) is 0. The second-order valence-electron chi connectivity index (χ2n) is 4.88. The van der Waals surface area contributed by atoms with Gasteiger partial charge in [-0.1, -0.05) is 12.8 Å². The van der Waals surface area contributed by atoms with Gasteiger partial charge in [0.25, 0.3) is 0 Å². The first kappa shape index (κ1) is 10.5. The van der Waals surface area contributed by atoms with Gasteiger partial charge in [-0.3, -0.25) is 14.4 Å². The third-order valence-electron chi connectivity index (χ3n) is 3.95. The van der Waals surface area contributed by atoms with Crippen molar-refractivity contribution >= 4 is 17.3 Å². The molecule has 0 radical (unpaired) electrons. The minimum absolute atomic E-state index is 0.0207. The van der Waals surface area contributed by atoms with Gasteiger partial charge in [0.2, 0.25) is 0 Å². The van der Waals surface area contributed by atoms with Crippen molar-refractivity contribution < 1.29 is 14.4 Å². The molecular weight excluding hydrogens is 192 g/mol. The molecule has 2 unspecified atom stereocenters. The van der Waals surface area contributed by atoms with Gasteiger partial charge < -0.3 is 0 Å². The Morgan fingerprint density at radius 2 is 2.07 bits per heavy atom. The fourth-order valence-electron chi connectivity index (χ4n) is 3.25. The normalized spacial score (nSPS) is 36.2. The summed E-state index contributed by atoms with van der Waals surface area (Å²) >= 11 is 0. The molecule has 2 atom stereocenters. The van der Waals surface area contributed by atoms with Gasteiger partial charge in [-0.2, -0.15) is 0 Å². The first-order valence-electron chi connectivity index (χ1n) is 5.62. The summed E-state index contributed by atoms with van der Waals surface area (Å²) in [4.78, 5) is 34.8. The molecule has 0 aromatic heterocycles. The van der Waals surface area contributed by atoms with Gasteiger partial charge in [0.15, 0.2) is 0 Å². The monoisotopic (exact) mass is 208 g/mol. The summed E-state index contributed by atoms with van der Waals surface area (Å²) in [5.41, 5.74) is -0.596. The molecule has 2 saturated carbocycles. The number of Topliss-reactive ketones (excluding diaryl/α,β-unsaturated/α-hetero) is 3. The fraction of sp³-hybridized carbons (Fsp3) is 0.750. The molecule has 0 saturated heterocycles. The van der Waals surface area contributed by atoms with E-state index < -0.39 is 5.41 Å². The van der Waals surface area contributed by atoms with Gasteiger partial charge in [-0.15, -0.1) is 0 Å². The number of carbonyl (C=O) groups excluding carboxylic acids is 3. The Hall–Kier alpha value is -0.990. The Kier molecular flexibility index (Phi) is 2.49. The summed E-state index contributed by atoms with van der Waals surface area (Å²) in [6.45, 7) is 1.55. The Labute approximate surface area is 89.2 Å². The van der Waals surface area contributed by atoms with Crippen LogP contribution in [0.25, 0.3) is 0 Å². The second-order valence-corrected chi connectivity index (χ2v) is 4.88. The average molecular weight is 208 g/mol. The van der Waals surface area contributed by atoms with Gasteiger partial charge >= 0.3 is 0 Å². The van der Waals surface area contributed by atoms with Crippen molar-refractivity contribution in [3.05, 3.63) is 0 Å². The molecule has 82 valence electrons. The van der Waals surface area contributed by atoms with E-state index in [0.717, 1.165) is 25.7 Å². The van der Waals surface area contributed by atoms with Crippen LogP contribution in [0.5, 0.6) is 0 Å². The highest BCUT2D eigenvalue weighted by molar-refractivity contribution is 6.11. The van der Waals surface area contributed by atoms with E-state index in [1.54, 1.807) is 6.92 Å². The lowest BCUT2D eigenvalue weighted by Gasteiger charge is -2.37. The molecule has 1 spiro atoms. The highest BCUT2D eigenvalue weighted by Gasteiger charge is 2.53. The Morgan fingerprint density at radius 1 is 1.33 bits per heavy atom. The summed E-state index contributed by atoms with van der Waals surface area (Å²) < 4.78 is 0.